The Morgan fingerprint density at radius 1 is 1.54 bits per heavy atom. The standard InChI is InChI=1S/C18H25N3O3S2/c1-4-13-10-14-16(26-13)20-18(21(17(14)23)8-5-9-24-3)25-11(2)15(22)19-12-6-7-12/h10-12H,4-9H2,1-3H3,(H,19,22)/t11-/m1/s1. The number of nitrogens with zero attached hydrogens (tertiary/aromatic N) is 2. The lowest BCUT2D eigenvalue weighted by Crippen LogP contribution is -2.33. The van der Waals surface area contributed by atoms with E-state index in [-0.39, 0.29) is 16.7 Å². The van der Waals surface area contributed by atoms with Gasteiger partial charge in [-0.05, 0) is 38.7 Å². The maximum absolute atomic E-state index is 13.0. The van der Waals surface area contributed by atoms with Crippen LogP contribution in [0, 0.1) is 0 Å². The second-order valence-electron chi connectivity index (χ2n) is 6.53. The van der Waals surface area contributed by atoms with Gasteiger partial charge in [-0.25, -0.2) is 4.98 Å². The van der Waals surface area contributed by atoms with Crippen LogP contribution in [0.4, 0.5) is 0 Å². The van der Waals surface area contributed by atoms with Gasteiger partial charge in [-0.1, -0.05) is 18.7 Å². The van der Waals surface area contributed by atoms with Crippen LogP contribution in [0.25, 0.3) is 10.2 Å². The van der Waals surface area contributed by atoms with Crippen molar-refractivity contribution in [3.05, 3.63) is 21.3 Å². The second kappa shape index (κ2) is 8.54. The Bertz CT molecular complexity index is 842. The van der Waals surface area contributed by atoms with Crippen LogP contribution in [0.15, 0.2) is 16.0 Å². The Kier molecular flexibility index (Phi) is 6.37. The SMILES string of the molecule is CCc1cc2c(=O)n(CCCOC)c(S[C@H](C)C(=O)NC3CC3)nc2s1. The van der Waals surface area contributed by atoms with Crippen molar-refractivity contribution in [3.63, 3.8) is 0 Å². The monoisotopic (exact) mass is 395 g/mol. The second-order valence-corrected chi connectivity index (χ2v) is 8.95. The number of carbonyl (C=O) groups is 1. The van der Waals surface area contributed by atoms with Gasteiger partial charge in [0.25, 0.3) is 5.56 Å². The first-order chi connectivity index (χ1) is 12.5. The molecule has 0 unspecified atom stereocenters. The number of carbonyl (C=O) groups excluding carboxylic acids is 1. The number of rotatable bonds is 9. The largest absolute Gasteiger partial charge is 0.385 e. The summed E-state index contributed by atoms with van der Waals surface area (Å²) in [6.07, 6.45) is 3.73. The van der Waals surface area contributed by atoms with Gasteiger partial charge in [0.05, 0.1) is 10.6 Å². The first-order valence-corrected chi connectivity index (χ1v) is 10.7. The molecule has 1 fully saturated rings. The summed E-state index contributed by atoms with van der Waals surface area (Å²) in [5.74, 6) is 0.00992. The minimum Gasteiger partial charge on any atom is -0.385 e. The topological polar surface area (TPSA) is 73.2 Å². The molecular formula is C18H25N3O3S2. The summed E-state index contributed by atoms with van der Waals surface area (Å²) in [6.45, 7) is 5.05. The third-order valence-corrected chi connectivity index (χ3v) is 6.58. The molecule has 0 radical (unpaired) electrons. The number of thiophene rings is 1. The van der Waals surface area contributed by atoms with Crippen molar-refractivity contribution in [1.29, 1.82) is 0 Å². The third kappa shape index (κ3) is 4.47. The molecule has 6 nitrogen and oxygen atoms in total. The molecule has 0 spiro atoms. The first-order valence-electron chi connectivity index (χ1n) is 9.02. The zero-order valence-corrected chi connectivity index (χ0v) is 17.0. The first kappa shape index (κ1) is 19.4. The molecule has 2 aromatic heterocycles. The fourth-order valence-corrected chi connectivity index (χ4v) is 4.59. The zero-order chi connectivity index (χ0) is 18.7. The maximum Gasteiger partial charge on any atom is 0.262 e. The lowest BCUT2D eigenvalue weighted by atomic mass is 10.3. The molecule has 0 aliphatic heterocycles. The van der Waals surface area contributed by atoms with E-state index in [9.17, 15) is 9.59 Å². The molecule has 1 amide bonds. The summed E-state index contributed by atoms with van der Waals surface area (Å²) in [5.41, 5.74) is -0.0284. The zero-order valence-electron chi connectivity index (χ0n) is 15.4. The van der Waals surface area contributed by atoms with Gasteiger partial charge in [-0.3, -0.25) is 14.2 Å². The van der Waals surface area contributed by atoms with E-state index >= 15 is 0 Å². The van der Waals surface area contributed by atoms with Crippen LogP contribution in [0.5, 0.6) is 0 Å². The summed E-state index contributed by atoms with van der Waals surface area (Å²) in [6, 6.07) is 2.27. The fourth-order valence-electron chi connectivity index (χ4n) is 2.63. The van der Waals surface area contributed by atoms with Crippen LogP contribution in [-0.4, -0.2) is 40.5 Å². The Morgan fingerprint density at radius 3 is 2.96 bits per heavy atom. The number of hydrogen-bond acceptors (Lipinski definition) is 6. The van der Waals surface area contributed by atoms with E-state index in [1.807, 2.05) is 13.0 Å². The molecule has 2 aromatic rings. The number of hydrogen-bond donors (Lipinski definition) is 1. The number of fused-ring (bicyclic) bond motifs is 1. The number of aryl methyl sites for hydroxylation is 1. The highest BCUT2D eigenvalue weighted by atomic mass is 32.2. The minimum atomic E-state index is -0.292. The smallest absolute Gasteiger partial charge is 0.262 e. The van der Waals surface area contributed by atoms with Crippen LogP contribution < -0.4 is 10.9 Å². The van der Waals surface area contributed by atoms with E-state index in [2.05, 4.69) is 12.2 Å². The average Bonchev–Trinajstić information content (AvgIpc) is 3.33. The van der Waals surface area contributed by atoms with Crippen molar-refractivity contribution in [1.82, 2.24) is 14.9 Å². The maximum atomic E-state index is 13.0. The molecule has 1 N–H and O–H groups in total. The van der Waals surface area contributed by atoms with Gasteiger partial charge in [-0.15, -0.1) is 11.3 Å². The normalized spacial score (nSPS) is 15.3. The van der Waals surface area contributed by atoms with E-state index in [1.165, 1.54) is 11.8 Å². The van der Waals surface area contributed by atoms with Crippen LogP contribution in [0.3, 0.4) is 0 Å². The Labute approximate surface area is 161 Å². The molecule has 1 aliphatic carbocycles. The van der Waals surface area contributed by atoms with E-state index in [0.717, 1.165) is 35.4 Å². The van der Waals surface area contributed by atoms with Gasteiger partial charge in [0.15, 0.2) is 5.16 Å². The van der Waals surface area contributed by atoms with Crippen molar-refractivity contribution in [2.45, 2.75) is 62.5 Å². The van der Waals surface area contributed by atoms with Gasteiger partial charge < -0.3 is 10.1 Å². The summed E-state index contributed by atoms with van der Waals surface area (Å²) in [4.78, 5) is 31.9. The molecule has 0 bridgehead atoms. The minimum absolute atomic E-state index is 0.00992. The summed E-state index contributed by atoms with van der Waals surface area (Å²) >= 11 is 2.91. The molecule has 26 heavy (non-hydrogen) atoms. The number of amides is 1. The van der Waals surface area contributed by atoms with E-state index < -0.39 is 0 Å². The van der Waals surface area contributed by atoms with Gasteiger partial charge >= 0.3 is 0 Å². The van der Waals surface area contributed by atoms with Gasteiger partial charge in [-0.2, -0.15) is 0 Å². The lowest BCUT2D eigenvalue weighted by Gasteiger charge is -2.15. The number of ether oxygens (including phenoxy) is 1. The number of thioether (sulfide) groups is 1. The van der Waals surface area contributed by atoms with Crippen LogP contribution >= 0.6 is 23.1 Å². The van der Waals surface area contributed by atoms with Gasteiger partial charge in [0, 0.05) is 31.2 Å². The van der Waals surface area contributed by atoms with E-state index in [4.69, 9.17) is 9.72 Å². The predicted octanol–water partition coefficient (Wildman–Crippen LogP) is 2.82. The highest BCUT2D eigenvalue weighted by molar-refractivity contribution is 8.00. The summed E-state index contributed by atoms with van der Waals surface area (Å²) in [5, 5.41) is 4.01. The number of nitrogens with one attached hydrogen (secondary N) is 1. The van der Waals surface area contributed by atoms with E-state index in [1.54, 1.807) is 23.0 Å². The molecule has 1 saturated carbocycles. The van der Waals surface area contributed by atoms with Crippen molar-refractivity contribution in [2.24, 2.45) is 0 Å². The Balaban J connectivity index is 1.90. The van der Waals surface area contributed by atoms with Crippen LogP contribution in [0.2, 0.25) is 0 Å². The third-order valence-electron chi connectivity index (χ3n) is 4.32. The quantitative estimate of drug-likeness (QED) is 0.401. The molecule has 3 rings (SSSR count). The van der Waals surface area contributed by atoms with Crippen molar-refractivity contribution in [2.75, 3.05) is 13.7 Å². The summed E-state index contributed by atoms with van der Waals surface area (Å²) in [7, 11) is 1.65. The molecule has 142 valence electrons. The highest BCUT2D eigenvalue weighted by Gasteiger charge is 2.27. The van der Waals surface area contributed by atoms with Crippen LogP contribution in [-0.2, 0) is 22.5 Å². The summed E-state index contributed by atoms with van der Waals surface area (Å²) < 4.78 is 6.81. The van der Waals surface area contributed by atoms with Crippen molar-refractivity contribution >= 4 is 39.2 Å². The molecule has 0 saturated heterocycles. The molecule has 0 aromatic carbocycles. The van der Waals surface area contributed by atoms with Crippen LogP contribution in [0.1, 0.15) is 38.0 Å². The fraction of sp³-hybridized carbons (Fsp3) is 0.611. The van der Waals surface area contributed by atoms with Gasteiger partial charge in [0.1, 0.15) is 4.83 Å². The molecule has 1 aliphatic rings. The van der Waals surface area contributed by atoms with Gasteiger partial charge in [0.2, 0.25) is 5.91 Å². The molecule has 8 heteroatoms. The van der Waals surface area contributed by atoms with E-state index in [0.29, 0.717) is 29.7 Å². The number of methoxy groups -OCH3 is 1. The molecule has 1 atom stereocenters. The molecule has 2 heterocycles. The average molecular weight is 396 g/mol. The van der Waals surface area contributed by atoms with Crippen molar-refractivity contribution in [3.8, 4) is 0 Å². The lowest BCUT2D eigenvalue weighted by molar-refractivity contribution is -0.120. The Hall–Kier alpha value is -1.38. The molecular weight excluding hydrogens is 370 g/mol. The van der Waals surface area contributed by atoms with Crippen molar-refractivity contribution < 1.29 is 9.53 Å². The Morgan fingerprint density at radius 2 is 2.31 bits per heavy atom. The number of aromatic nitrogens is 2. The predicted molar refractivity (Wildman–Crippen MR) is 106 cm³/mol. The highest BCUT2D eigenvalue weighted by Crippen LogP contribution is 2.28.